The van der Waals surface area contributed by atoms with Crippen molar-refractivity contribution in [2.45, 2.75) is 19.8 Å². The summed E-state index contributed by atoms with van der Waals surface area (Å²) in [4.78, 5) is 17.6. The molecule has 1 amide bonds. The van der Waals surface area contributed by atoms with Crippen LogP contribution in [0.2, 0.25) is 0 Å². The van der Waals surface area contributed by atoms with E-state index in [1.54, 1.807) is 0 Å². The number of amides is 1. The monoisotopic (exact) mass is 367 g/mol. The second kappa shape index (κ2) is 7.87. The van der Waals surface area contributed by atoms with Gasteiger partial charge >= 0.3 is 0 Å². The molecule has 1 atom stereocenters. The van der Waals surface area contributed by atoms with Crippen LogP contribution in [-0.4, -0.2) is 66.2 Å². The summed E-state index contributed by atoms with van der Waals surface area (Å²) >= 11 is 0. The highest BCUT2D eigenvalue weighted by atomic mass is 16.5. The second-order valence-corrected chi connectivity index (χ2v) is 7.89. The van der Waals surface area contributed by atoms with Gasteiger partial charge in [0.05, 0.1) is 13.2 Å². The molecule has 0 saturated carbocycles. The van der Waals surface area contributed by atoms with Crippen molar-refractivity contribution in [3.63, 3.8) is 0 Å². The van der Waals surface area contributed by atoms with Crippen molar-refractivity contribution in [1.29, 1.82) is 0 Å². The Morgan fingerprint density at radius 1 is 1.11 bits per heavy atom. The molecule has 0 radical (unpaired) electrons. The van der Waals surface area contributed by atoms with Crippen molar-refractivity contribution < 1.29 is 9.53 Å². The van der Waals surface area contributed by atoms with Crippen LogP contribution >= 0.6 is 0 Å². The lowest BCUT2D eigenvalue weighted by atomic mass is 9.80. The molecule has 5 nitrogen and oxygen atoms in total. The molecule has 2 aliphatic rings. The molecule has 27 heavy (non-hydrogen) atoms. The SMILES string of the molecule is CCN1CCOCC2(CCCN(C(=O)c3ccc(-n4cccc4)cc3)C2)C1. The summed E-state index contributed by atoms with van der Waals surface area (Å²) in [5.41, 5.74) is 1.91. The van der Waals surface area contributed by atoms with Gasteiger partial charge in [0.25, 0.3) is 5.91 Å². The third-order valence-corrected chi connectivity index (χ3v) is 5.93. The third-order valence-electron chi connectivity index (χ3n) is 5.93. The minimum absolute atomic E-state index is 0.0749. The third kappa shape index (κ3) is 3.94. The number of hydrogen-bond donors (Lipinski definition) is 0. The maximum absolute atomic E-state index is 13.1. The number of aromatic nitrogens is 1. The van der Waals surface area contributed by atoms with Crippen LogP contribution in [0.5, 0.6) is 0 Å². The van der Waals surface area contributed by atoms with E-state index in [1.807, 2.05) is 58.3 Å². The lowest BCUT2D eigenvalue weighted by molar-refractivity contribution is 0.00767. The number of hydrogen-bond acceptors (Lipinski definition) is 3. The summed E-state index contributed by atoms with van der Waals surface area (Å²) in [7, 11) is 0. The highest BCUT2D eigenvalue weighted by Crippen LogP contribution is 2.33. The van der Waals surface area contributed by atoms with Crippen molar-refractivity contribution in [3.05, 3.63) is 54.4 Å². The van der Waals surface area contributed by atoms with Crippen molar-refractivity contribution in [1.82, 2.24) is 14.4 Å². The first-order chi connectivity index (χ1) is 13.2. The molecule has 1 aromatic heterocycles. The van der Waals surface area contributed by atoms with Gasteiger partial charge in [-0.1, -0.05) is 6.92 Å². The Kier molecular flexibility index (Phi) is 5.32. The van der Waals surface area contributed by atoms with Crippen LogP contribution in [0.25, 0.3) is 5.69 Å². The van der Waals surface area contributed by atoms with Gasteiger partial charge in [-0.05, 0) is 55.8 Å². The van der Waals surface area contributed by atoms with Crippen LogP contribution < -0.4 is 0 Å². The fourth-order valence-corrected chi connectivity index (χ4v) is 4.44. The number of likely N-dealkylation sites (N-methyl/N-ethyl adjacent to an activating group) is 1. The van der Waals surface area contributed by atoms with Crippen LogP contribution in [0.4, 0.5) is 0 Å². The Labute approximate surface area is 161 Å². The molecule has 0 bridgehead atoms. The minimum Gasteiger partial charge on any atom is -0.379 e. The Balaban J connectivity index is 1.48. The number of carbonyl (C=O) groups is 1. The molecule has 144 valence electrons. The molecule has 0 aliphatic carbocycles. The molecule has 0 N–H and O–H groups in total. The Morgan fingerprint density at radius 2 is 1.89 bits per heavy atom. The highest BCUT2D eigenvalue weighted by molar-refractivity contribution is 5.94. The standard InChI is InChI=1S/C22H29N3O2/c1-2-23-14-15-27-18-22(16-23)10-5-13-25(17-22)21(26)19-6-8-20(9-7-19)24-11-3-4-12-24/h3-4,6-9,11-12H,2,5,10,13-18H2,1H3. The van der Waals surface area contributed by atoms with Crippen LogP contribution in [0.3, 0.4) is 0 Å². The van der Waals surface area contributed by atoms with Crippen LogP contribution in [0.15, 0.2) is 48.8 Å². The average molecular weight is 367 g/mol. The first-order valence-electron chi connectivity index (χ1n) is 10.0. The summed E-state index contributed by atoms with van der Waals surface area (Å²) in [6, 6.07) is 11.9. The number of carbonyl (C=O) groups excluding carboxylic acids is 1. The van der Waals surface area contributed by atoms with Crippen LogP contribution in [0.1, 0.15) is 30.1 Å². The molecule has 1 spiro atoms. The van der Waals surface area contributed by atoms with E-state index in [2.05, 4.69) is 11.8 Å². The summed E-state index contributed by atoms with van der Waals surface area (Å²) < 4.78 is 7.98. The molecule has 3 heterocycles. The zero-order valence-corrected chi connectivity index (χ0v) is 16.1. The predicted molar refractivity (Wildman–Crippen MR) is 106 cm³/mol. The molecule has 1 aromatic carbocycles. The number of benzene rings is 1. The van der Waals surface area contributed by atoms with E-state index in [1.165, 1.54) is 0 Å². The summed E-state index contributed by atoms with van der Waals surface area (Å²) in [5.74, 6) is 0.139. The number of rotatable bonds is 3. The molecule has 2 saturated heterocycles. The van der Waals surface area contributed by atoms with E-state index in [0.29, 0.717) is 0 Å². The van der Waals surface area contributed by atoms with Crippen molar-refractivity contribution in [2.75, 3.05) is 45.9 Å². The zero-order valence-electron chi connectivity index (χ0n) is 16.1. The van der Waals surface area contributed by atoms with Crippen molar-refractivity contribution >= 4 is 5.91 Å². The lowest BCUT2D eigenvalue weighted by Crippen LogP contribution is -2.52. The largest absolute Gasteiger partial charge is 0.379 e. The second-order valence-electron chi connectivity index (χ2n) is 7.89. The fraction of sp³-hybridized carbons (Fsp3) is 0.500. The molecule has 4 rings (SSSR count). The minimum atomic E-state index is 0.0749. The smallest absolute Gasteiger partial charge is 0.253 e. The van der Waals surface area contributed by atoms with E-state index in [4.69, 9.17) is 4.74 Å². The average Bonchev–Trinajstić information content (AvgIpc) is 3.18. The zero-order chi connectivity index (χ0) is 18.7. The van der Waals surface area contributed by atoms with Crippen LogP contribution in [0, 0.1) is 5.41 Å². The van der Waals surface area contributed by atoms with E-state index in [0.717, 1.165) is 70.0 Å². The van der Waals surface area contributed by atoms with Gasteiger partial charge in [0.1, 0.15) is 0 Å². The summed E-state index contributed by atoms with van der Waals surface area (Å²) in [6.07, 6.45) is 6.21. The molecule has 1 unspecified atom stereocenters. The van der Waals surface area contributed by atoms with E-state index in [-0.39, 0.29) is 11.3 Å². The number of likely N-dealkylation sites (tertiary alicyclic amines) is 1. The first-order valence-corrected chi connectivity index (χ1v) is 10.0. The van der Waals surface area contributed by atoms with Crippen LogP contribution in [-0.2, 0) is 4.74 Å². The summed E-state index contributed by atoms with van der Waals surface area (Å²) in [5, 5.41) is 0. The van der Waals surface area contributed by atoms with Gasteiger partial charge in [-0.3, -0.25) is 4.79 Å². The van der Waals surface area contributed by atoms with Gasteiger partial charge in [-0.25, -0.2) is 0 Å². The molecule has 5 heteroatoms. The van der Waals surface area contributed by atoms with Gasteiger partial charge in [0, 0.05) is 55.2 Å². The number of nitrogens with zero attached hydrogens (tertiary/aromatic N) is 3. The maximum atomic E-state index is 13.1. The summed E-state index contributed by atoms with van der Waals surface area (Å²) in [6.45, 7) is 8.46. The van der Waals surface area contributed by atoms with Gasteiger partial charge < -0.3 is 19.1 Å². The van der Waals surface area contributed by atoms with Gasteiger partial charge in [0.2, 0.25) is 0 Å². The highest BCUT2D eigenvalue weighted by Gasteiger charge is 2.40. The molecule has 2 fully saturated rings. The molecular weight excluding hydrogens is 338 g/mol. The maximum Gasteiger partial charge on any atom is 0.253 e. The molecular formula is C22H29N3O2. The van der Waals surface area contributed by atoms with E-state index in [9.17, 15) is 4.79 Å². The van der Waals surface area contributed by atoms with Gasteiger partial charge in [-0.2, -0.15) is 0 Å². The first kappa shape index (κ1) is 18.3. The van der Waals surface area contributed by atoms with Crippen molar-refractivity contribution in [2.24, 2.45) is 5.41 Å². The lowest BCUT2D eigenvalue weighted by Gasteiger charge is -2.43. The Bertz CT molecular complexity index is 756. The number of ether oxygens (including phenoxy) is 1. The normalized spacial score (nSPS) is 24.1. The quantitative estimate of drug-likeness (QED) is 0.837. The van der Waals surface area contributed by atoms with Gasteiger partial charge in [-0.15, -0.1) is 0 Å². The topological polar surface area (TPSA) is 37.7 Å². The Hall–Kier alpha value is -2.11. The molecule has 2 aliphatic heterocycles. The van der Waals surface area contributed by atoms with Gasteiger partial charge in [0.15, 0.2) is 0 Å². The fourth-order valence-electron chi connectivity index (χ4n) is 4.44. The van der Waals surface area contributed by atoms with E-state index >= 15 is 0 Å². The predicted octanol–water partition coefficient (Wildman–Crippen LogP) is 3.05. The molecule has 2 aromatic rings. The van der Waals surface area contributed by atoms with E-state index < -0.39 is 0 Å². The van der Waals surface area contributed by atoms with Crippen molar-refractivity contribution in [3.8, 4) is 5.69 Å². The Morgan fingerprint density at radius 3 is 2.63 bits per heavy atom. The number of piperidine rings is 1.